The molecule has 0 bridgehead atoms. The molecule has 0 spiro atoms. The van der Waals surface area contributed by atoms with E-state index in [2.05, 4.69) is 14.9 Å². The van der Waals surface area contributed by atoms with Crippen LogP contribution < -0.4 is 9.64 Å². The Morgan fingerprint density at radius 2 is 1.96 bits per heavy atom. The minimum atomic E-state index is -0.00957. The van der Waals surface area contributed by atoms with Crippen LogP contribution in [0.15, 0.2) is 49.1 Å². The van der Waals surface area contributed by atoms with Gasteiger partial charge in [-0.3, -0.25) is 4.79 Å². The highest BCUT2D eigenvalue weighted by Crippen LogP contribution is 2.30. The Bertz CT molecular complexity index is 995. The summed E-state index contributed by atoms with van der Waals surface area (Å²) in [5.74, 6) is 1.78. The lowest BCUT2D eigenvalue weighted by Gasteiger charge is -2.22. The Balaban J connectivity index is 1.28. The fraction of sp³-hybridized carbons (Fsp3) is 0.381. The average Bonchev–Trinajstić information content (AvgIpc) is 3.48. The van der Waals surface area contributed by atoms with Gasteiger partial charge in [-0.2, -0.15) is 0 Å². The van der Waals surface area contributed by atoms with Crippen LogP contribution in [-0.4, -0.2) is 57.5 Å². The maximum Gasteiger partial charge on any atom is 0.254 e. The number of aromatic nitrogens is 3. The summed E-state index contributed by atoms with van der Waals surface area (Å²) in [6.07, 6.45) is 10.5. The highest BCUT2D eigenvalue weighted by molar-refractivity contribution is 5.95. The number of likely N-dealkylation sites (tertiary alicyclic amines) is 1. The Labute approximate surface area is 163 Å². The van der Waals surface area contributed by atoms with Crippen LogP contribution in [0, 0.1) is 0 Å². The molecule has 5 rings (SSSR count). The molecule has 0 aromatic carbocycles. The molecular weight excluding hydrogens is 354 g/mol. The summed E-state index contributed by atoms with van der Waals surface area (Å²) >= 11 is 0. The van der Waals surface area contributed by atoms with E-state index in [0.29, 0.717) is 18.7 Å². The first-order chi connectivity index (χ1) is 13.8. The second kappa shape index (κ2) is 7.14. The minimum Gasteiger partial charge on any atom is -0.485 e. The zero-order valence-corrected chi connectivity index (χ0v) is 15.7. The predicted molar refractivity (Wildman–Crippen MR) is 106 cm³/mol. The lowest BCUT2D eigenvalue weighted by Crippen LogP contribution is -2.31. The van der Waals surface area contributed by atoms with E-state index >= 15 is 0 Å². The SMILES string of the molecule is O=C(c1ccn2ccnc2c1)N1CC[C@@H](Oc2cccnc2N2CCCC2)C1. The molecule has 0 saturated carbocycles. The molecule has 0 unspecified atom stereocenters. The number of pyridine rings is 2. The van der Waals surface area contributed by atoms with Gasteiger partial charge in [0.1, 0.15) is 11.8 Å². The van der Waals surface area contributed by atoms with Crippen molar-refractivity contribution in [2.75, 3.05) is 31.1 Å². The largest absolute Gasteiger partial charge is 0.485 e. The summed E-state index contributed by atoms with van der Waals surface area (Å²) in [5.41, 5.74) is 1.45. The van der Waals surface area contributed by atoms with E-state index in [1.807, 2.05) is 52.2 Å². The third kappa shape index (κ3) is 3.17. The molecule has 3 aromatic rings. The summed E-state index contributed by atoms with van der Waals surface area (Å²) in [6.45, 7) is 3.34. The summed E-state index contributed by atoms with van der Waals surface area (Å²) < 4.78 is 8.18. The lowest BCUT2D eigenvalue weighted by atomic mass is 10.2. The normalized spacial score (nSPS) is 19.5. The molecule has 7 nitrogen and oxygen atoms in total. The second-order valence-corrected chi connectivity index (χ2v) is 7.41. The molecule has 28 heavy (non-hydrogen) atoms. The van der Waals surface area contributed by atoms with Crippen molar-refractivity contribution in [1.82, 2.24) is 19.3 Å². The van der Waals surface area contributed by atoms with Crippen molar-refractivity contribution in [3.05, 3.63) is 54.6 Å². The summed E-state index contributed by atoms with van der Waals surface area (Å²) in [6, 6.07) is 7.57. The van der Waals surface area contributed by atoms with Gasteiger partial charge in [0.15, 0.2) is 11.6 Å². The maximum absolute atomic E-state index is 12.9. The van der Waals surface area contributed by atoms with Gasteiger partial charge >= 0.3 is 0 Å². The van der Waals surface area contributed by atoms with Gasteiger partial charge in [-0.05, 0) is 37.1 Å². The zero-order chi connectivity index (χ0) is 18.9. The quantitative estimate of drug-likeness (QED) is 0.699. The van der Waals surface area contributed by atoms with Gasteiger partial charge in [0, 0.05) is 56.4 Å². The van der Waals surface area contributed by atoms with Crippen LogP contribution in [0.3, 0.4) is 0 Å². The Morgan fingerprint density at radius 3 is 2.86 bits per heavy atom. The third-order valence-electron chi connectivity index (χ3n) is 5.53. The number of imidazole rings is 1. The molecule has 5 heterocycles. The third-order valence-corrected chi connectivity index (χ3v) is 5.53. The van der Waals surface area contributed by atoms with Crippen molar-refractivity contribution < 1.29 is 9.53 Å². The molecule has 2 fully saturated rings. The Hall–Kier alpha value is -3.09. The van der Waals surface area contributed by atoms with E-state index < -0.39 is 0 Å². The minimum absolute atomic E-state index is 0.00957. The highest BCUT2D eigenvalue weighted by Gasteiger charge is 2.29. The molecule has 1 atom stereocenters. The molecule has 0 N–H and O–H groups in total. The predicted octanol–water partition coefficient (Wildman–Crippen LogP) is 2.62. The van der Waals surface area contributed by atoms with E-state index in [9.17, 15) is 4.79 Å². The van der Waals surface area contributed by atoms with Gasteiger partial charge in [-0.1, -0.05) is 0 Å². The smallest absolute Gasteiger partial charge is 0.254 e. The Kier molecular flexibility index (Phi) is 4.35. The Morgan fingerprint density at radius 1 is 1.07 bits per heavy atom. The molecule has 144 valence electrons. The first-order valence-electron chi connectivity index (χ1n) is 9.86. The molecule has 3 aromatic heterocycles. The number of hydrogen-bond acceptors (Lipinski definition) is 5. The number of rotatable bonds is 4. The molecule has 2 aliphatic heterocycles. The number of ether oxygens (including phenoxy) is 1. The van der Waals surface area contributed by atoms with Gasteiger partial charge in [0.2, 0.25) is 0 Å². The van der Waals surface area contributed by atoms with Gasteiger partial charge in [-0.25, -0.2) is 9.97 Å². The van der Waals surface area contributed by atoms with Crippen molar-refractivity contribution in [2.45, 2.75) is 25.4 Å². The molecule has 2 aliphatic rings. The topological polar surface area (TPSA) is 63.0 Å². The van der Waals surface area contributed by atoms with Crippen LogP contribution in [0.2, 0.25) is 0 Å². The molecule has 0 aliphatic carbocycles. The lowest BCUT2D eigenvalue weighted by molar-refractivity contribution is 0.0772. The monoisotopic (exact) mass is 377 g/mol. The number of hydrogen-bond donors (Lipinski definition) is 0. The van der Waals surface area contributed by atoms with Crippen molar-refractivity contribution in [2.24, 2.45) is 0 Å². The first kappa shape index (κ1) is 17.0. The highest BCUT2D eigenvalue weighted by atomic mass is 16.5. The van der Waals surface area contributed by atoms with Gasteiger partial charge in [0.05, 0.1) is 6.54 Å². The summed E-state index contributed by atoms with van der Waals surface area (Å²) in [4.78, 5) is 25.9. The van der Waals surface area contributed by atoms with E-state index in [0.717, 1.165) is 36.7 Å². The van der Waals surface area contributed by atoms with Crippen LogP contribution in [0.5, 0.6) is 5.75 Å². The number of anilines is 1. The van der Waals surface area contributed by atoms with Crippen molar-refractivity contribution in [1.29, 1.82) is 0 Å². The molecule has 7 heteroatoms. The van der Waals surface area contributed by atoms with Crippen LogP contribution in [0.25, 0.3) is 5.65 Å². The number of nitrogens with zero attached hydrogens (tertiary/aromatic N) is 5. The molecule has 0 radical (unpaired) electrons. The van der Waals surface area contributed by atoms with E-state index in [1.54, 1.807) is 6.20 Å². The van der Waals surface area contributed by atoms with Gasteiger partial charge in [-0.15, -0.1) is 0 Å². The fourth-order valence-corrected chi connectivity index (χ4v) is 4.05. The van der Waals surface area contributed by atoms with Crippen molar-refractivity contribution in [3.8, 4) is 5.75 Å². The molecule has 2 saturated heterocycles. The summed E-state index contributed by atoms with van der Waals surface area (Å²) in [5, 5.41) is 0. The zero-order valence-electron chi connectivity index (χ0n) is 15.7. The number of carbonyl (C=O) groups is 1. The first-order valence-corrected chi connectivity index (χ1v) is 9.86. The van der Waals surface area contributed by atoms with E-state index in [4.69, 9.17) is 4.74 Å². The number of amides is 1. The van der Waals surface area contributed by atoms with Gasteiger partial charge in [0.25, 0.3) is 5.91 Å². The molecular formula is C21H23N5O2. The van der Waals surface area contributed by atoms with E-state index in [-0.39, 0.29) is 12.0 Å². The standard InChI is InChI=1S/C21H23N5O2/c27-21(16-5-11-24-13-8-22-19(24)14-16)26-12-6-17(15-26)28-18-4-3-7-23-20(18)25-9-1-2-10-25/h3-5,7-8,11,13-14,17H,1-2,6,9-10,12,15H2/t17-/m1/s1. The van der Waals surface area contributed by atoms with Crippen LogP contribution in [-0.2, 0) is 0 Å². The average molecular weight is 377 g/mol. The van der Waals surface area contributed by atoms with Crippen LogP contribution in [0.4, 0.5) is 5.82 Å². The van der Waals surface area contributed by atoms with Crippen LogP contribution in [0.1, 0.15) is 29.6 Å². The molecule has 1 amide bonds. The van der Waals surface area contributed by atoms with Crippen molar-refractivity contribution in [3.63, 3.8) is 0 Å². The van der Waals surface area contributed by atoms with Crippen LogP contribution >= 0.6 is 0 Å². The van der Waals surface area contributed by atoms with Crippen molar-refractivity contribution >= 4 is 17.4 Å². The van der Waals surface area contributed by atoms with Gasteiger partial charge < -0.3 is 18.9 Å². The van der Waals surface area contributed by atoms with E-state index in [1.165, 1.54) is 12.8 Å². The maximum atomic E-state index is 12.9. The number of carbonyl (C=O) groups excluding carboxylic acids is 1. The fourth-order valence-electron chi connectivity index (χ4n) is 4.05. The summed E-state index contributed by atoms with van der Waals surface area (Å²) in [7, 11) is 0. The second-order valence-electron chi connectivity index (χ2n) is 7.41. The number of fused-ring (bicyclic) bond motifs is 1.